The summed E-state index contributed by atoms with van der Waals surface area (Å²) >= 11 is 0. The molecular weight excluding hydrogens is 376 g/mol. The minimum absolute atomic E-state index is 0.0231. The van der Waals surface area contributed by atoms with Crippen LogP contribution < -0.4 is 9.80 Å². The lowest BCUT2D eigenvalue weighted by Crippen LogP contribution is -2.46. The summed E-state index contributed by atoms with van der Waals surface area (Å²) in [5.74, 6) is -0.0461. The third-order valence-electron chi connectivity index (χ3n) is 6.72. The number of carbonyl (C=O) groups is 2. The van der Waals surface area contributed by atoms with Gasteiger partial charge in [0, 0.05) is 74.9 Å². The molecular formula is C24H28N4O2. The van der Waals surface area contributed by atoms with Crippen LogP contribution in [0.5, 0.6) is 0 Å². The van der Waals surface area contributed by atoms with Crippen molar-refractivity contribution in [3.05, 3.63) is 58.7 Å². The zero-order valence-electron chi connectivity index (χ0n) is 17.7. The molecule has 3 aliphatic rings. The lowest BCUT2D eigenvalue weighted by atomic mass is 9.81. The van der Waals surface area contributed by atoms with E-state index >= 15 is 0 Å². The highest BCUT2D eigenvalue weighted by atomic mass is 16.1. The molecule has 0 N–H and O–H groups in total. The summed E-state index contributed by atoms with van der Waals surface area (Å²) < 4.78 is 0. The molecule has 5 rings (SSSR count). The molecule has 2 fully saturated rings. The van der Waals surface area contributed by atoms with Crippen molar-refractivity contribution in [2.24, 2.45) is 0 Å². The van der Waals surface area contributed by atoms with Crippen molar-refractivity contribution in [3.63, 3.8) is 0 Å². The van der Waals surface area contributed by atoms with Crippen LogP contribution in [0.25, 0.3) is 0 Å². The number of carbonyl (C=O) groups excluding carboxylic acids is 2. The Morgan fingerprint density at radius 2 is 0.933 bits per heavy atom. The van der Waals surface area contributed by atoms with Crippen molar-refractivity contribution in [1.82, 2.24) is 9.80 Å². The Morgan fingerprint density at radius 1 is 0.567 bits per heavy atom. The Kier molecular flexibility index (Phi) is 4.83. The second-order valence-corrected chi connectivity index (χ2v) is 8.64. The van der Waals surface area contributed by atoms with Crippen molar-refractivity contribution in [3.8, 4) is 0 Å². The monoisotopic (exact) mass is 404 g/mol. The average molecular weight is 405 g/mol. The molecule has 0 aromatic heterocycles. The Bertz CT molecular complexity index is 921. The average Bonchev–Trinajstić information content (AvgIpc) is 2.77. The number of fused-ring (bicyclic) bond motifs is 2. The lowest BCUT2D eigenvalue weighted by molar-refractivity contribution is 0.0979. The van der Waals surface area contributed by atoms with Gasteiger partial charge in [0.15, 0.2) is 11.6 Å². The number of hydrogen-bond donors (Lipinski definition) is 0. The first-order valence-electron chi connectivity index (χ1n) is 10.8. The SMILES string of the molecule is CN1CCN(c2cccc3c2C(=O)c2cccc(N4CCN(C)CC4)c2C3=O)CC1. The summed E-state index contributed by atoms with van der Waals surface area (Å²) in [4.78, 5) is 36.4. The molecule has 2 aromatic rings. The molecule has 0 amide bonds. The summed E-state index contributed by atoms with van der Waals surface area (Å²) in [6.45, 7) is 7.27. The van der Waals surface area contributed by atoms with Gasteiger partial charge < -0.3 is 19.6 Å². The number of ketones is 2. The van der Waals surface area contributed by atoms with E-state index in [1.165, 1.54) is 0 Å². The molecule has 0 atom stereocenters. The Balaban J connectivity index is 1.57. The second kappa shape index (κ2) is 7.52. The van der Waals surface area contributed by atoms with Crippen molar-refractivity contribution in [2.45, 2.75) is 0 Å². The van der Waals surface area contributed by atoms with E-state index in [-0.39, 0.29) is 11.6 Å². The van der Waals surface area contributed by atoms with Gasteiger partial charge in [-0.15, -0.1) is 0 Å². The minimum atomic E-state index is -0.0231. The van der Waals surface area contributed by atoms with E-state index in [0.717, 1.165) is 63.7 Å². The summed E-state index contributed by atoms with van der Waals surface area (Å²) in [7, 11) is 4.23. The number of piperazine rings is 2. The molecule has 6 nitrogen and oxygen atoms in total. The summed E-state index contributed by atoms with van der Waals surface area (Å²) in [6.07, 6.45) is 0. The van der Waals surface area contributed by atoms with Crippen molar-refractivity contribution < 1.29 is 9.59 Å². The topological polar surface area (TPSA) is 47.1 Å². The maximum atomic E-state index is 13.7. The van der Waals surface area contributed by atoms with Gasteiger partial charge in [-0.2, -0.15) is 0 Å². The Hall–Kier alpha value is -2.70. The molecule has 2 heterocycles. The fourth-order valence-electron chi connectivity index (χ4n) is 4.83. The van der Waals surface area contributed by atoms with Gasteiger partial charge in [0.25, 0.3) is 0 Å². The summed E-state index contributed by atoms with van der Waals surface area (Å²) in [5.41, 5.74) is 4.05. The maximum absolute atomic E-state index is 13.7. The van der Waals surface area contributed by atoms with E-state index in [1.54, 1.807) is 0 Å². The predicted octanol–water partition coefficient (Wildman–Crippen LogP) is 1.97. The van der Waals surface area contributed by atoms with Crippen LogP contribution in [0.3, 0.4) is 0 Å². The van der Waals surface area contributed by atoms with Crippen LogP contribution in [-0.2, 0) is 0 Å². The molecule has 0 bridgehead atoms. The largest absolute Gasteiger partial charge is 0.368 e. The first kappa shape index (κ1) is 19.3. The standard InChI is InChI=1S/C24H28N4O2/c1-25-9-13-27(14-10-25)19-7-3-5-17-21(19)23(29)18-6-4-8-20(22(18)24(17)30)28-15-11-26(2)12-16-28/h3-8H,9-16H2,1-2H3. The zero-order valence-corrected chi connectivity index (χ0v) is 17.7. The molecule has 1 aliphatic carbocycles. The first-order valence-corrected chi connectivity index (χ1v) is 10.8. The molecule has 0 radical (unpaired) electrons. The fourth-order valence-corrected chi connectivity index (χ4v) is 4.83. The highest BCUT2D eigenvalue weighted by Gasteiger charge is 2.36. The molecule has 0 saturated carbocycles. The third-order valence-corrected chi connectivity index (χ3v) is 6.72. The Morgan fingerprint density at radius 3 is 1.30 bits per heavy atom. The summed E-state index contributed by atoms with van der Waals surface area (Å²) in [5, 5.41) is 0. The van der Waals surface area contributed by atoms with Gasteiger partial charge in [-0.3, -0.25) is 9.59 Å². The van der Waals surface area contributed by atoms with Gasteiger partial charge in [0.1, 0.15) is 0 Å². The summed E-state index contributed by atoms with van der Waals surface area (Å²) in [6, 6.07) is 11.5. The van der Waals surface area contributed by atoms with Crippen molar-refractivity contribution in [1.29, 1.82) is 0 Å². The van der Waals surface area contributed by atoms with Crippen LogP contribution in [0.4, 0.5) is 11.4 Å². The zero-order chi connectivity index (χ0) is 20.8. The molecule has 6 heteroatoms. The van der Waals surface area contributed by atoms with Gasteiger partial charge in [-0.05, 0) is 26.2 Å². The van der Waals surface area contributed by atoms with Crippen LogP contribution in [-0.4, -0.2) is 87.8 Å². The number of benzene rings is 2. The maximum Gasteiger partial charge on any atom is 0.196 e. The number of hydrogen-bond acceptors (Lipinski definition) is 6. The van der Waals surface area contributed by atoms with Crippen molar-refractivity contribution in [2.75, 3.05) is 76.3 Å². The second-order valence-electron chi connectivity index (χ2n) is 8.64. The van der Waals surface area contributed by atoms with Crippen LogP contribution >= 0.6 is 0 Å². The first-order chi connectivity index (χ1) is 14.5. The predicted molar refractivity (Wildman–Crippen MR) is 119 cm³/mol. The lowest BCUT2D eigenvalue weighted by Gasteiger charge is -2.37. The molecule has 2 aliphatic heterocycles. The van der Waals surface area contributed by atoms with E-state index in [1.807, 2.05) is 36.4 Å². The van der Waals surface area contributed by atoms with E-state index in [2.05, 4.69) is 33.7 Å². The van der Waals surface area contributed by atoms with Crippen molar-refractivity contribution >= 4 is 22.9 Å². The van der Waals surface area contributed by atoms with E-state index in [9.17, 15) is 9.59 Å². The smallest absolute Gasteiger partial charge is 0.196 e. The van der Waals surface area contributed by atoms with E-state index < -0.39 is 0 Å². The molecule has 0 spiro atoms. The number of rotatable bonds is 2. The van der Waals surface area contributed by atoms with Gasteiger partial charge in [0.05, 0.1) is 11.1 Å². The van der Waals surface area contributed by atoms with Crippen LogP contribution in [0.1, 0.15) is 31.8 Å². The molecule has 156 valence electrons. The van der Waals surface area contributed by atoms with E-state index in [4.69, 9.17) is 0 Å². The molecule has 2 saturated heterocycles. The highest BCUT2D eigenvalue weighted by molar-refractivity contribution is 6.31. The van der Waals surface area contributed by atoms with Crippen LogP contribution in [0.2, 0.25) is 0 Å². The quantitative estimate of drug-likeness (QED) is 0.651. The molecule has 0 unspecified atom stereocenters. The van der Waals surface area contributed by atoms with Gasteiger partial charge in [-0.1, -0.05) is 24.3 Å². The Labute approximate surface area is 177 Å². The number of nitrogens with zero attached hydrogens (tertiary/aromatic N) is 4. The molecule has 30 heavy (non-hydrogen) atoms. The van der Waals surface area contributed by atoms with Gasteiger partial charge in [-0.25, -0.2) is 0 Å². The third kappa shape index (κ3) is 3.11. The van der Waals surface area contributed by atoms with E-state index in [0.29, 0.717) is 22.3 Å². The number of likely N-dealkylation sites (N-methyl/N-ethyl adjacent to an activating group) is 2. The minimum Gasteiger partial charge on any atom is -0.368 e. The van der Waals surface area contributed by atoms with Crippen LogP contribution in [0.15, 0.2) is 36.4 Å². The normalized spacial score (nSPS) is 20.3. The molecule has 2 aromatic carbocycles. The number of anilines is 2. The highest BCUT2D eigenvalue weighted by Crippen LogP contribution is 2.38. The van der Waals surface area contributed by atoms with Gasteiger partial charge >= 0.3 is 0 Å². The van der Waals surface area contributed by atoms with Crippen LogP contribution in [0, 0.1) is 0 Å². The fraction of sp³-hybridized carbons (Fsp3) is 0.417. The van der Waals surface area contributed by atoms with Gasteiger partial charge in [0.2, 0.25) is 0 Å².